The molecule has 1 rings (SSSR count). The summed E-state index contributed by atoms with van der Waals surface area (Å²) < 4.78 is 20.4. The van der Waals surface area contributed by atoms with Gasteiger partial charge in [-0.3, -0.25) is 11.3 Å². The molecule has 0 spiro atoms. The van der Waals surface area contributed by atoms with E-state index in [9.17, 15) is 4.39 Å². The topological polar surface area (TPSA) is 47.3 Å². The number of rotatable bonds is 7. The molecule has 0 aliphatic rings. The largest absolute Gasteiger partial charge is 0.376 e. The van der Waals surface area contributed by atoms with E-state index in [2.05, 4.69) is 28.3 Å². The number of nitrogens with two attached hydrogens (primary N) is 1. The summed E-state index contributed by atoms with van der Waals surface area (Å²) in [5.41, 5.74) is 3.20. The van der Waals surface area contributed by atoms with Crippen molar-refractivity contribution in [1.29, 1.82) is 0 Å². The third kappa shape index (κ3) is 4.02. The van der Waals surface area contributed by atoms with Crippen LogP contribution >= 0.6 is 15.9 Å². The zero-order valence-electron chi connectivity index (χ0n) is 10.7. The van der Waals surface area contributed by atoms with Crippen molar-refractivity contribution in [3.8, 4) is 0 Å². The summed E-state index contributed by atoms with van der Waals surface area (Å²) in [5.74, 6) is 5.30. The fraction of sp³-hybridized carbons (Fsp3) is 0.538. The van der Waals surface area contributed by atoms with Crippen molar-refractivity contribution < 1.29 is 9.13 Å². The van der Waals surface area contributed by atoms with Gasteiger partial charge in [-0.25, -0.2) is 4.39 Å². The molecule has 0 aliphatic heterocycles. The fourth-order valence-corrected chi connectivity index (χ4v) is 2.37. The summed E-state index contributed by atoms with van der Waals surface area (Å²) in [7, 11) is 0. The van der Waals surface area contributed by atoms with Gasteiger partial charge in [0.2, 0.25) is 0 Å². The molecule has 5 heteroatoms. The second-order valence-electron chi connectivity index (χ2n) is 4.09. The van der Waals surface area contributed by atoms with Crippen LogP contribution in [0.5, 0.6) is 0 Å². The summed E-state index contributed by atoms with van der Waals surface area (Å²) in [6, 6.07) is 4.49. The van der Waals surface area contributed by atoms with Crippen molar-refractivity contribution in [2.24, 2.45) is 5.84 Å². The number of ether oxygens (including phenoxy) is 1. The Kier molecular flexibility index (Phi) is 6.78. The first kappa shape index (κ1) is 15.6. The molecule has 1 aromatic rings. The molecule has 0 aliphatic carbocycles. The molecule has 2 atom stereocenters. The molecule has 0 amide bonds. The summed E-state index contributed by atoms with van der Waals surface area (Å²) in [6.45, 7) is 4.57. The molecule has 102 valence electrons. The van der Waals surface area contributed by atoms with Crippen LogP contribution in [0.25, 0.3) is 0 Å². The molecular formula is C13H20BrFN2O. The van der Waals surface area contributed by atoms with Gasteiger partial charge in [0.05, 0.1) is 12.1 Å². The Morgan fingerprint density at radius 2 is 2.17 bits per heavy atom. The fourth-order valence-electron chi connectivity index (χ4n) is 2.00. The monoisotopic (exact) mass is 318 g/mol. The molecule has 3 nitrogen and oxygen atoms in total. The molecule has 0 heterocycles. The molecule has 0 saturated carbocycles. The Morgan fingerprint density at radius 3 is 2.72 bits per heavy atom. The van der Waals surface area contributed by atoms with Crippen LogP contribution in [0.2, 0.25) is 0 Å². The normalized spacial score (nSPS) is 14.5. The van der Waals surface area contributed by atoms with Gasteiger partial charge in [-0.1, -0.05) is 29.3 Å². The van der Waals surface area contributed by atoms with Crippen LogP contribution in [0, 0.1) is 5.82 Å². The minimum Gasteiger partial charge on any atom is -0.376 e. The van der Waals surface area contributed by atoms with Crippen molar-refractivity contribution >= 4 is 15.9 Å². The first-order valence-corrected chi connectivity index (χ1v) is 6.96. The van der Waals surface area contributed by atoms with E-state index in [0.29, 0.717) is 12.2 Å². The summed E-state index contributed by atoms with van der Waals surface area (Å²) in [5, 5.41) is 0. The van der Waals surface area contributed by atoms with Crippen LogP contribution in [0.3, 0.4) is 0 Å². The second-order valence-corrected chi connectivity index (χ2v) is 5.01. The quantitative estimate of drug-likeness (QED) is 0.599. The highest BCUT2D eigenvalue weighted by molar-refractivity contribution is 9.10. The Bertz CT molecular complexity index is 370. The van der Waals surface area contributed by atoms with E-state index in [1.54, 1.807) is 12.1 Å². The van der Waals surface area contributed by atoms with Crippen molar-refractivity contribution in [3.63, 3.8) is 0 Å². The van der Waals surface area contributed by atoms with Crippen LogP contribution in [-0.2, 0) is 4.74 Å². The summed E-state index contributed by atoms with van der Waals surface area (Å²) in [6.07, 6.45) is 1.65. The predicted octanol–water partition coefficient (Wildman–Crippen LogP) is 3.30. The molecule has 0 saturated heterocycles. The number of halogens is 2. The van der Waals surface area contributed by atoms with Gasteiger partial charge in [0.25, 0.3) is 0 Å². The van der Waals surface area contributed by atoms with Crippen molar-refractivity contribution in [3.05, 3.63) is 34.1 Å². The second kappa shape index (κ2) is 7.84. The lowest BCUT2D eigenvalue weighted by molar-refractivity contribution is 0.0267. The van der Waals surface area contributed by atoms with Gasteiger partial charge in [0.1, 0.15) is 5.82 Å². The lowest BCUT2D eigenvalue weighted by Gasteiger charge is -2.27. The van der Waals surface area contributed by atoms with E-state index < -0.39 is 0 Å². The van der Waals surface area contributed by atoms with Gasteiger partial charge >= 0.3 is 0 Å². The lowest BCUT2D eigenvalue weighted by Crippen LogP contribution is -2.38. The highest BCUT2D eigenvalue weighted by Gasteiger charge is 2.24. The maximum absolute atomic E-state index is 13.9. The van der Waals surface area contributed by atoms with E-state index in [1.807, 2.05) is 6.92 Å². The summed E-state index contributed by atoms with van der Waals surface area (Å²) >= 11 is 3.34. The Hall–Kier alpha value is -0.490. The van der Waals surface area contributed by atoms with Gasteiger partial charge < -0.3 is 4.74 Å². The van der Waals surface area contributed by atoms with E-state index >= 15 is 0 Å². The molecular weight excluding hydrogens is 299 g/mol. The van der Waals surface area contributed by atoms with Crippen LogP contribution < -0.4 is 11.3 Å². The number of hydrogen-bond acceptors (Lipinski definition) is 3. The first-order chi connectivity index (χ1) is 8.63. The van der Waals surface area contributed by atoms with Crippen molar-refractivity contribution in [2.45, 2.75) is 38.8 Å². The molecule has 0 bridgehead atoms. The minimum absolute atomic E-state index is 0.131. The van der Waals surface area contributed by atoms with Crippen LogP contribution in [0.15, 0.2) is 22.7 Å². The van der Waals surface area contributed by atoms with Crippen LogP contribution in [0.1, 0.15) is 38.3 Å². The lowest BCUT2D eigenvalue weighted by atomic mass is 9.98. The third-order valence-corrected chi connectivity index (χ3v) is 3.29. The summed E-state index contributed by atoms with van der Waals surface area (Å²) in [4.78, 5) is 0. The highest BCUT2D eigenvalue weighted by Crippen LogP contribution is 2.27. The van der Waals surface area contributed by atoms with E-state index in [0.717, 1.165) is 17.3 Å². The van der Waals surface area contributed by atoms with E-state index in [4.69, 9.17) is 10.6 Å². The predicted molar refractivity (Wildman–Crippen MR) is 74.5 cm³/mol. The van der Waals surface area contributed by atoms with Crippen LogP contribution in [0.4, 0.5) is 4.39 Å². The third-order valence-electron chi connectivity index (χ3n) is 2.80. The molecule has 0 radical (unpaired) electrons. The smallest absolute Gasteiger partial charge is 0.128 e. The SMILES string of the molecule is CCCC(OCC)C(NN)c1cc(Br)ccc1F. The zero-order valence-corrected chi connectivity index (χ0v) is 12.3. The maximum Gasteiger partial charge on any atom is 0.128 e. The van der Waals surface area contributed by atoms with E-state index in [-0.39, 0.29) is 18.0 Å². The van der Waals surface area contributed by atoms with Crippen LogP contribution in [-0.4, -0.2) is 12.7 Å². The van der Waals surface area contributed by atoms with Gasteiger partial charge in [-0.15, -0.1) is 0 Å². The van der Waals surface area contributed by atoms with Gasteiger partial charge in [0, 0.05) is 16.6 Å². The molecule has 1 aromatic carbocycles. The Labute approximate surface area is 116 Å². The molecule has 3 N–H and O–H groups in total. The first-order valence-electron chi connectivity index (χ1n) is 6.16. The molecule has 18 heavy (non-hydrogen) atoms. The molecule has 0 aromatic heterocycles. The zero-order chi connectivity index (χ0) is 13.5. The minimum atomic E-state index is -0.345. The van der Waals surface area contributed by atoms with Crippen molar-refractivity contribution in [1.82, 2.24) is 5.43 Å². The number of benzene rings is 1. The van der Waals surface area contributed by atoms with Crippen molar-refractivity contribution in [2.75, 3.05) is 6.61 Å². The average Bonchev–Trinajstić information content (AvgIpc) is 2.35. The average molecular weight is 319 g/mol. The Balaban J connectivity index is 3.01. The van der Waals surface area contributed by atoms with E-state index in [1.165, 1.54) is 6.07 Å². The van der Waals surface area contributed by atoms with Gasteiger partial charge in [0.15, 0.2) is 0 Å². The van der Waals surface area contributed by atoms with Gasteiger partial charge in [-0.05, 0) is 31.5 Å². The van der Waals surface area contributed by atoms with Gasteiger partial charge in [-0.2, -0.15) is 0 Å². The number of nitrogens with one attached hydrogen (secondary N) is 1. The highest BCUT2D eigenvalue weighted by atomic mass is 79.9. The molecule has 0 fully saturated rings. The standard InChI is InChI=1S/C13H20BrFN2O/c1-3-5-12(18-4-2)13(17-16)10-8-9(14)6-7-11(10)15/h6-8,12-13,17H,3-5,16H2,1-2H3. The Morgan fingerprint density at radius 1 is 1.44 bits per heavy atom. The number of hydrogen-bond donors (Lipinski definition) is 2. The number of hydrazine groups is 1. The molecule has 2 unspecified atom stereocenters. The maximum atomic E-state index is 13.9.